The quantitative estimate of drug-likeness (QED) is 0.561. The Hall–Kier alpha value is -3.59. The van der Waals surface area contributed by atoms with Gasteiger partial charge in [0.15, 0.2) is 9.84 Å². The summed E-state index contributed by atoms with van der Waals surface area (Å²) >= 11 is 0. The average molecular weight is 441 g/mol. The number of para-hydroxylation sites is 1. The number of ether oxygens (including phenoxy) is 2. The van der Waals surface area contributed by atoms with Gasteiger partial charge in [0.25, 0.3) is 5.91 Å². The molecule has 0 radical (unpaired) electrons. The van der Waals surface area contributed by atoms with Crippen molar-refractivity contribution in [1.82, 2.24) is 0 Å². The topological polar surface area (TPSA) is 103 Å². The molecule has 0 fully saturated rings. The molecule has 1 atom stereocenters. The van der Waals surface area contributed by atoms with Crippen LogP contribution in [-0.4, -0.2) is 40.3 Å². The van der Waals surface area contributed by atoms with Crippen molar-refractivity contribution in [3.63, 3.8) is 0 Å². The van der Waals surface area contributed by atoms with Crippen LogP contribution in [0.3, 0.4) is 0 Å². The first-order valence-corrected chi connectivity index (χ1v) is 11.0. The summed E-state index contributed by atoms with van der Waals surface area (Å²) in [6.45, 7) is 0. The molecule has 160 valence electrons. The largest absolute Gasteiger partial charge is 0.497 e. The standard InChI is InChI=1S/C22H19NO7S/c1-28-16-7-8-18(20(12-16)29-2)23(15-9-10-31(26,27)13-15)21(24)17-11-14-5-3-4-6-19(14)30-22(17)25/h3-12,15H,13H2,1-2H3/t15-/m1/s1. The number of methoxy groups -OCH3 is 2. The molecule has 0 unspecified atom stereocenters. The molecule has 1 aliphatic heterocycles. The molecule has 1 amide bonds. The predicted octanol–water partition coefficient (Wildman–Crippen LogP) is 2.77. The smallest absolute Gasteiger partial charge is 0.349 e. The second-order valence-electron chi connectivity index (χ2n) is 6.92. The van der Waals surface area contributed by atoms with Crippen LogP contribution in [0.4, 0.5) is 5.69 Å². The zero-order valence-corrected chi connectivity index (χ0v) is 17.6. The molecular formula is C22H19NO7S. The number of benzene rings is 2. The maximum atomic E-state index is 13.6. The average Bonchev–Trinajstić information content (AvgIpc) is 3.12. The monoisotopic (exact) mass is 441 g/mol. The van der Waals surface area contributed by atoms with Gasteiger partial charge in [0.1, 0.15) is 22.6 Å². The van der Waals surface area contributed by atoms with Crippen molar-refractivity contribution in [2.75, 3.05) is 24.9 Å². The summed E-state index contributed by atoms with van der Waals surface area (Å²) in [6.07, 6.45) is 1.42. The number of hydrogen-bond acceptors (Lipinski definition) is 7. The molecule has 0 saturated heterocycles. The third kappa shape index (κ3) is 3.91. The fourth-order valence-corrected chi connectivity index (χ4v) is 4.75. The van der Waals surface area contributed by atoms with E-state index in [-0.39, 0.29) is 17.1 Å². The number of nitrogens with zero attached hydrogens (tertiary/aromatic N) is 1. The molecule has 1 aliphatic rings. The highest BCUT2D eigenvalue weighted by Crippen LogP contribution is 2.35. The first-order valence-electron chi connectivity index (χ1n) is 9.32. The van der Waals surface area contributed by atoms with E-state index in [1.54, 1.807) is 42.5 Å². The van der Waals surface area contributed by atoms with Crippen molar-refractivity contribution in [1.29, 1.82) is 0 Å². The van der Waals surface area contributed by atoms with Gasteiger partial charge in [-0.25, -0.2) is 13.2 Å². The number of carbonyl (C=O) groups is 1. The van der Waals surface area contributed by atoms with Crippen LogP contribution in [0.15, 0.2) is 69.2 Å². The third-order valence-electron chi connectivity index (χ3n) is 4.98. The van der Waals surface area contributed by atoms with E-state index in [4.69, 9.17) is 13.9 Å². The van der Waals surface area contributed by atoms with Gasteiger partial charge in [-0.3, -0.25) is 9.69 Å². The molecule has 1 aromatic heterocycles. The van der Waals surface area contributed by atoms with E-state index in [2.05, 4.69) is 0 Å². The Morgan fingerprint density at radius 3 is 2.55 bits per heavy atom. The molecule has 0 spiro atoms. The van der Waals surface area contributed by atoms with Crippen LogP contribution >= 0.6 is 0 Å². The van der Waals surface area contributed by atoms with E-state index >= 15 is 0 Å². The van der Waals surface area contributed by atoms with Gasteiger partial charge in [0.2, 0.25) is 0 Å². The first kappa shape index (κ1) is 20.7. The molecule has 8 nitrogen and oxygen atoms in total. The molecule has 3 aromatic rings. The minimum absolute atomic E-state index is 0.214. The highest BCUT2D eigenvalue weighted by atomic mass is 32.2. The van der Waals surface area contributed by atoms with Crippen molar-refractivity contribution >= 4 is 32.4 Å². The SMILES string of the molecule is COc1ccc(N(C(=O)c2cc3ccccc3oc2=O)[C@@H]2C=CS(=O)(=O)C2)c(OC)c1. The number of sulfone groups is 1. The summed E-state index contributed by atoms with van der Waals surface area (Å²) in [5, 5.41) is 1.64. The van der Waals surface area contributed by atoms with Gasteiger partial charge in [-0.15, -0.1) is 0 Å². The lowest BCUT2D eigenvalue weighted by Gasteiger charge is -2.29. The Morgan fingerprint density at radius 1 is 1.10 bits per heavy atom. The zero-order valence-electron chi connectivity index (χ0n) is 16.8. The van der Waals surface area contributed by atoms with E-state index in [1.807, 2.05) is 0 Å². The van der Waals surface area contributed by atoms with Crippen molar-refractivity contribution in [3.8, 4) is 11.5 Å². The molecule has 0 bridgehead atoms. The fraction of sp³-hybridized carbons (Fsp3) is 0.182. The number of hydrogen-bond donors (Lipinski definition) is 0. The van der Waals surface area contributed by atoms with Crippen LogP contribution in [0.25, 0.3) is 11.0 Å². The van der Waals surface area contributed by atoms with Crippen molar-refractivity contribution in [2.45, 2.75) is 6.04 Å². The molecule has 31 heavy (non-hydrogen) atoms. The minimum atomic E-state index is -3.48. The summed E-state index contributed by atoms with van der Waals surface area (Å²) in [5.74, 6) is -0.231. The Labute approximate surface area is 178 Å². The lowest BCUT2D eigenvalue weighted by molar-refractivity contribution is 0.0979. The molecular weight excluding hydrogens is 422 g/mol. The van der Waals surface area contributed by atoms with Crippen LogP contribution in [0, 0.1) is 0 Å². The van der Waals surface area contributed by atoms with Crippen LogP contribution < -0.4 is 20.0 Å². The minimum Gasteiger partial charge on any atom is -0.497 e. The Kier molecular flexibility index (Phi) is 5.28. The lowest BCUT2D eigenvalue weighted by Crippen LogP contribution is -2.43. The molecule has 2 heterocycles. The number of rotatable bonds is 5. The molecule has 0 aliphatic carbocycles. The van der Waals surface area contributed by atoms with E-state index in [0.717, 1.165) is 5.41 Å². The number of anilines is 1. The molecule has 2 aromatic carbocycles. The van der Waals surface area contributed by atoms with Gasteiger partial charge < -0.3 is 13.9 Å². The van der Waals surface area contributed by atoms with E-state index in [1.165, 1.54) is 31.3 Å². The van der Waals surface area contributed by atoms with Crippen molar-refractivity contribution in [2.24, 2.45) is 0 Å². The zero-order chi connectivity index (χ0) is 22.2. The summed E-state index contributed by atoms with van der Waals surface area (Å²) in [7, 11) is -0.570. The number of amides is 1. The van der Waals surface area contributed by atoms with Gasteiger partial charge in [-0.1, -0.05) is 18.2 Å². The van der Waals surface area contributed by atoms with Gasteiger partial charge in [0, 0.05) is 16.9 Å². The highest BCUT2D eigenvalue weighted by molar-refractivity contribution is 7.94. The van der Waals surface area contributed by atoms with Crippen molar-refractivity contribution in [3.05, 3.63) is 76.0 Å². The van der Waals surface area contributed by atoms with Crippen LogP contribution in [0.2, 0.25) is 0 Å². The van der Waals surface area contributed by atoms with Crippen LogP contribution in [0.1, 0.15) is 10.4 Å². The van der Waals surface area contributed by atoms with Crippen LogP contribution in [0.5, 0.6) is 11.5 Å². The van der Waals surface area contributed by atoms with Gasteiger partial charge >= 0.3 is 5.63 Å². The van der Waals surface area contributed by atoms with Gasteiger partial charge in [-0.2, -0.15) is 0 Å². The van der Waals surface area contributed by atoms with Gasteiger partial charge in [-0.05, 0) is 30.3 Å². The molecule has 4 rings (SSSR count). The highest BCUT2D eigenvalue weighted by Gasteiger charge is 2.35. The van der Waals surface area contributed by atoms with Crippen molar-refractivity contribution < 1.29 is 27.1 Å². The summed E-state index contributed by atoms with van der Waals surface area (Å²) in [5.41, 5.74) is -0.381. The second kappa shape index (κ2) is 7.92. The molecule has 0 N–H and O–H groups in total. The predicted molar refractivity (Wildman–Crippen MR) is 116 cm³/mol. The maximum absolute atomic E-state index is 13.6. The first-order chi connectivity index (χ1) is 14.8. The fourth-order valence-electron chi connectivity index (χ4n) is 3.48. The van der Waals surface area contributed by atoms with Crippen LogP contribution in [-0.2, 0) is 9.84 Å². The number of fused-ring (bicyclic) bond motifs is 1. The normalized spacial score (nSPS) is 16.9. The van der Waals surface area contributed by atoms with E-state index in [0.29, 0.717) is 22.4 Å². The summed E-state index contributed by atoms with van der Waals surface area (Å²) < 4.78 is 40.1. The molecule has 0 saturated carbocycles. The van der Waals surface area contributed by atoms with Gasteiger partial charge in [0.05, 0.1) is 31.7 Å². The summed E-state index contributed by atoms with van der Waals surface area (Å²) in [4.78, 5) is 27.4. The maximum Gasteiger partial charge on any atom is 0.349 e. The second-order valence-corrected chi connectivity index (χ2v) is 8.85. The van der Waals surface area contributed by atoms with E-state index in [9.17, 15) is 18.0 Å². The molecule has 9 heteroatoms. The Balaban J connectivity index is 1.88. The summed E-state index contributed by atoms with van der Waals surface area (Å²) in [6, 6.07) is 12.2. The Morgan fingerprint density at radius 2 is 1.87 bits per heavy atom. The lowest BCUT2D eigenvalue weighted by atomic mass is 10.1. The Bertz CT molecular complexity index is 1360. The van der Waals surface area contributed by atoms with E-state index < -0.39 is 27.4 Å². The number of carbonyl (C=O) groups excluding carboxylic acids is 1. The third-order valence-corrected chi connectivity index (χ3v) is 6.36.